The Balaban J connectivity index is 1.70. The summed E-state index contributed by atoms with van der Waals surface area (Å²) >= 11 is 1.14. The van der Waals surface area contributed by atoms with E-state index in [1.54, 1.807) is 36.6 Å². The van der Waals surface area contributed by atoms with Gasteiger partial charge in [-0.1, -0.05) is 18.2 Å². The first-order valence-electron chi connectivity index (χ1n) is 8.35. The van der Waals surface area contributed by atoms with E-state index in [1.807, 2.05) is 0 Å². The zero-order valence-electron chi connectivity index (χ0n) is 15.2. The maximum atomic E-state index is 12.5. The molecule has 10 heteroatoms. The van der Waals surface area contributed by atoms with E-state index in [0.29, 0.717) is 16.0 Å². The Labute approximate surface area is 168 Å². The summed E-state index contributed by atoms with van der Waals surface area (Å²) < 4.78 is 5.50. The summed E-state index contributed by atoms with van der Waals surface area (Å²) in [6, 6.07) is 12.1. The number of carbonyl (C=O) groups excluding carboxylic acids is 1. The molecule has 0 spiro atoms. The van der Waals surface area contributed by atoms with Gasteiger partial charge in [-0.3, -0.25) is 25.0 Å². The summed E-state index contributed by atoms with van der Waals surface area (Å²) in [5.74, 6) is -0.358. The van der Waals surface area contributed by atoms with Gasteiger partial charge in [0, 0.05) is 17.7 Å². The number of carbonyl (C=O) groups is 1. The van der Waals surface area contributed by atoms with Crippen LogP contribution in [0, 0.1) is 27.2 Å². The number of aryl methyl sites for hydroxylation is 1. The highest BCUT2D eigenvalue weighted by atomic mass is 32.1. The molecule has 1 heterocycles. The first-order valence-corrected chi connectivity index (χ1v) is 9.23. The smallest absolute Gasteiger partial charge is 0.310 e. The van der Waals surface area contributed by atoms with E-state index in [0.717, 1.165) is 11.3 Å². The number of anilines is 1. The van der Waals surface area contributed by atoms with Gasteiger partial charge in [0.15, 0.2) is 5.75 Å². The van der Waals surface area contributed by atoms with Gasteiger partial charge in [0.05, 0.1) is 14.7 Å². The van der Waals surface area contributed by atoms with Crippen molar-refractivity contribution in [2.45, 2.75) is 13.5 Å². The monoisotopic (exact) mass is 413 g/mol. The van der Waals surface area contributed by atoms with E-state index in [1.165, 1.54) is 24.3 Å². The van der Waals surface area contributed by atoms with Crippen LogP contribution in [0.5, 0.6) is 5.75 Å². The number of amides is 1. The molecule has 0 bridgehead atoms. The van der Waals surface area contributed by atoms with E-state index in [9.17, 15) is 25.0 Å². The summed E-state index contributed by atoms with van der Waals surface area (Å²) in [7, 11) is 0. The summed E-state index contributed by atoms with van der Waals surface area (Å²) in [6.07, 6.45) is 0. The second-order valence-corrected chi connectivity index (χ2v) is 6.98. The number of nitrogens with zero attached hydrogens (tertiary/aromatic N) is 2. The summed E-state index contributed by atoms with van der Waals surface area (Å²) in [4.78, 5) is 33.9. The summed E-state index contributed by atoms with van der Waals surface area (Å²) in [5, 5.41) is 26.4. The van der Waals surface area contributed by atoms with E-state index < -0.39 is 15.8 Å². The van der Waals surface area contributed by atoms with E-state index >= 15 is 0 Å². The number of nitrogens with one attached hydrogen (secondary N) is 1. The lowest BCUT2D eigenvalue weighted by atomic mass is 10.2. The van der Waals surface area contributed by atoms with Crippen molar-refractivity contribution in [1.29, 1.82) is 0 Å². The van der Waals surface area contributed by atoms with Crippen LogP contribution in [0.3, 0.4) is 0 Å². The van der Waals surface area contributed by atoms with Gasteiger partial charge in [-0.05, 0) is 36.1 Å². The van der Waals surface area contributed by atoms with Crippen LogP contribution in [0.4, 0.5) is 17.1 Å². The topological polar surface area (TPSA) is 125 Å². The molecule has 0 aliphatic heterocycles. The Hall–Kier alpha value is -3.79. The van der Waals surface area contributed by atoms with Gasteiger partial charge in [-0.25, -0.2) is 0 Å². The normalized spacial score (nSPS) is 10.4. The van der Waals surface area contributed by atoms with Crippen LogP contribution >= 0.6 is 11.3 Å². The molecule has 0 saturated carbocycles. The van der Waals surface area contributed by atoms with Crippen molar-refractivity contribution in [3.63, 3.8) is 0 Å². The molecule has 2 aromatic carbocycles. The minimum atomic E-state index is -0.553. The number of benzene rings is 2. The number of thiophene rings is 1. The van der Waals surface area contributed by atoms with Crippen LogP contribution in [-0.2, 0) is 6.61 Å². The van der Waals surface area contributed by atoms with Crippen molar-refractivity contribution in [2.75, 3.05) is 5.32 Å². The number of rotatable bonds is 7. The molecule has 0 atom stereocenters. The van der Waals surface area contributed by atoms with Gasteiger partial charge in [-0.15, -0.1) is 11.3 Å². The van der Waals surface area contributed by atoms with Gasteiger partial charge < -0.3 is 10.1 Å². The fraction of sp³-hybridized carbons (Fsp3) is 0.105. The highest BCUT2D eigenvalue weighted by molar-refractivity contribution is 7.12. The molecule has 0 aliphatic rings. The van der Waals surface area contributed by atoms with Crippen LogP contribution in [-0.4, -0.2) is 15.8 Å². The average molecular weight is 413 g/mol. The van der Waals surface area contributed by atoms with Crippen LogP contribution in [0.15, 0.2) is 53.9 Å². The third-order valence-corrected chi connectivity index (χ3v) is 4.91. The highest BCUT2D eigenvalue weighted by Crippen LogP contribution is 2.28. The maximum Gasteiger partial charge on any atom is 0.310 e. The lowest BCUT2D eigenvalue weighted by molar-refractivity contribution is -0.386. The number of para-hydroxylation sites is 2. The fourth-order valence-corrected chi connectivity index (χ4v) is 3.34. The van der Waals surface area contributed by atoms with Crippen molar-refractivity contribution in [3.8, 4) is 5.75 Å². The van der Waals surface area contributed by atoms with Crippen LogP contribution in [0.1, 0.15) is 20.8 Å². The largest absolute Gasteiger partial charge is 0.482 e. The van der Waals surface area contributed by atoms with Crippen molar-refractivity contribution in [3.05, 3.63) is 90.1 Å². The van der Waals surface area contributed by atoms with Crippen molar-refractivity contribution >= 4 is 34.3 Å². The molecule has 1 amide bonds. The molecule has 1 N–H and O–H groups in total. The second-order valence-electron chi connectivity index (χ2n) is 6.06. The zero-order valence-corrected chi connectivity index (χ0v) is 16.0. The minimum Gasteiger partial charge on any atom is -0.482 e. The van der Waals surface area contributed by atoms with Crippen molar-refractivity contribution in [1.82, 2.24) is 0 Å². The number of nitro benzene ring substituents is 2. The third-order valence-electron chi connectivity index (χ3n) is 3.93. The molecule has 9 nitrogen and oxygen atoms in total. The molecule has 1 aromatic heterocycles. The Morgan fingerprint density at radius 2 is 1.79 bits per heavy atom. The molecular formula is C19H15N3O6S. The first kappa shape index (κ1) is 20.0. The lowest BCUT2D eigenvalue weighted by Gasteiger charge is -2.06. The Bertz CT molecular complexity index is 1100. The Morgan fingerprint density at radius 1 is 1.07 bits per heavy atom. The van der Waals surface area contributed by atoms with Crippen LogP contribution in [0.25, 0.3) is 0 Å². The molecule has 3 aromatic rings. The molecule has 3 rings (SSSR count). The van der Waals surface area contributed by atoms with Crippen LogP contribution in [0.2, 0.25) is 0 Å². The van der Waals surface area contributed by atoms with Crippen molar-refractivity contribution in [2.24, 2.45) is 0 Å². The summed E-state index contributed by atoms with van der Waals surface area (Å²) in [5.41, 5.74) is 1.14. The molecule has 0 unspecified atom stereocenters. The predicted molar refractivity (Wildman–Crippen MR) is 108 cm³/mol. The standard InChI is InChI=1S/C19H15N3O6S/c1-12-6-7-14(16(8-12)22(26)27)20-19(23)18-9-13(11-29-18)10-28-17-5-3-2-4-15(17)21(24)25/h2-9,11H,10H2,1H3,(H,20,23). The number of hydrogen-bond donors (Lipinski definition) is 1. The number of nitro groups is 2. The Kier molecular flexibility index (Phi) is 5.84. The molecule has 0 radical (unpaired) electrons. The lowest BCUT2D eigenvalue weighted by Crippen LogP contribution is -2.11. The molecule has 0 aliphatic carbocycles. The molecular weight excluding hydrogens is 398 g/mol. The molecule has 0 saturated heterocycles. The Morgan fingerprint density at radius 3 is 2.52 bits per heavy atom. The number of hydrogen-bond acceptors (Lipinski definition) is 7. The first-order chi connectivity index (χ1) is 13.8. The summed E-state index contributed by atoms with van der Waals surface area (Å²) in [6.45, 7) is 1.76. The highest BCUT2D eigenvalue weighted by Gasteiger charge is 2.18. The maximum absolute atomic E-state index is 12.5. The minimum absolute atomic E-state index is 0.0410. The van der Waals surface area contributed by atoms with Gasteiger partial charge in [0.25, 0.3) is 11.6 Å². The average Bonchev–Trinajstić information content (AvgIpc) is 3.17. The molecule has 0 fully saturated rings. The predicted octanol–water partition coefficient (Wildman–Crippen LogP) is 4.70. The quantitative estimate of drug-likeness (QED) is 0.442. The zero-order chi connectivity index (χ0) is 21.0. The van der Waals surface area contributed by atoms with Gasteiger partial charge in [0.2, 0.25) is 0 Å². The van der Waals surface area contributed by atoms with E-state index in [2.05, 4.69) is 5.32 Å². The second kappa shape index (κ2) is 8.48. The van der Waals surface area contributed by atoms with Gasteiger partial charge in [-0.2, -0.15) is 0 Å². The van der Waals surface area contributed by atoms with Gasteiger partial charge >= 0.3 is 5.69 Å². The third kappa shape index (κ3) is 4.74. The van der Waals surface area contributed by atoms with Gasteiger partial charge in [0.1, 0.15) is 12.3 Å². The number of ether oxygens (including phenoxy) is 1. The molecule has 29 heavy (non-hydrogen) atoms. The SMILES string of the molecule is Cc1ccc(NC(=O)c2cc(COc3ccccc3[N+](=O)[O-])cs2)c([N+](=O)[O-])c1. The fourth-order valence-electron chi connectivity index (χ4n) is 2.54. The van der Waals surface area contributed by atoms with E-state index in [-0.39, 0.29) is 29.4 Å². The molecule has 148 valence electrons. The van der Waals surface area contributed by atoms with E-state index in [4.69, 9.17) is 4.74 Å². The van der Waals surface area contributed by atoms with Crippen molar-refractivity contribution < 1.29 is 19.4 Å². The van der Waals surface area contributed by atoms with Crippen LogP contribution < -0.4 is 10.1 Å².